The number of ether oxygens (including phenoxy) is 1. The van der Waals surface area contributed by atoms with E-state index in [0.29, 0.717) is 11.8 Å². The first-order valence-corrected chi connectivity index (χ1v) is 11.2. The van der Waals surface area contributed by atoms with E-state index >= 15 is 0 Å². The molecule has 33 heavy (non-hydrogen) atoms. The molecule has 2 amide bonds. The number of fused-ring (bicyclic) bond motifs is 2. The number of nitrogens with zero attached hydrogens (tertiary/aromatic N) is 1. The van der Waals surface area contributed by atoms with E-state index in [1.807, 2.05) is 0 Å². The molecule has 0 spiro atoms. The average Bonchev–Trinajstić information content (AvgIpc) is 3.41. The van der Waals surface area contributed by atoms with Crippen LogP contribution in [0.1, 0.15) is 49.0 Å². The SMILES string of the molecule is CC1COc2c(F)c(F)cc3c(=O)c(C(=O)NC(CO)C(=O)NC4CC5CCC4C5)cn1c23. The molecular weight excluding hydrogens is 436 g/mol. The zero-order valence-electron chi connectivity index (χ0n) is 18.1. The van der Waals surface area contributed by atoms with Crippen LogP contribution in [-0.2, 0) is 4.79 Å². The molecule has 176 valence electrons. The number of benzene rings is 1. The molecule has 2 heterocycles. The van der Waals surface area contributed by atoms with Gasteiger partial charge in [-0.25, -0.2) is 4.39 Å². The molecular formula is C23H25F2N3O5. The van der Waals surface area contributed by atoms with Gasteiger partial charge in [-0.05, 0) is 44.1 Å². The van der Waals surface area contributed by atoms with Crippen molar-refractivity contribution in [3.05, 3.63) is 39.7 Å². The smallest absolute Gasteiger partial charge is 0.257 e. The number of aliphatic hydroxyl groups excluding tert-OH is 1. The van der Waals surface area contributed by atoms with Gasteiger partial charge in [-0.3, -0.25) is 14.4 Å². The van der Waals surface area contributed by atoms with Crippen molar-refractivity contribution in [2.45, 2.75) is 50.7 Å². The van der Waals surface area contributed by atoms with Gasteiger partial charge >= 0.3 is 0 Å². The van der Waals surface area contributed by atoms with Gasteiger partial charge in [0.1, 0.15) is 18.2 Å². The van der Waals surface area contributed by atoms with Crippen molar-refractivity contribution < 1.29 is 28.2 Å². The first kappa shape index (κ1) is 21.8. The Morgan fingerprint density at radius 2 is 2.09 bits per heavy atom. The van der Waals surface area contributed by atoms with Crippen LogP contribution in [-0.4, -0.2) is 46.8 Å². The van der Waals surface area contributed by atoms with Crippen molar-refractivity contribution in [3.63, 3.8) is 0 Å². The summed E-state index contributed by atoms with van der Waals surface area (Å²) in [5, 5.41) is 14.9. The van der Waals surface area contributed by atoms with E-state index in [9.17, 15) is 28.3 Å². The van der Waals surface area contributed by atoms with E-state index in [1.54, 1.807) is 6.92 Å². The van der Waals surface area contributed by atoms with Crippen LogP contribution in [0.15, 0.2) is 17.1 Å². The Morgan fingerprint density at radius 3 is 2.76 bits per heavy atom. The highest BCUT2D eigenvalue weighted by molar-refractivity contribution is 6.00. The molecule has 2 aromatic rings. The van der Waals surface area contributed by atoms with Crippen LogP contribution in [0.5, 0.6) is 5.75 Å². The third kappa shape index (κ3) is 3.56. The number of carbonyl (C=O) groups is 2. The van der Waals surface area contributed by atoms with E-state index in [4.69, 9.17) is 4.74 Å². The van der Waals surface area contributed by atoms with Gasteiger partial charge in [0.2, 0.25) is 17.2 Å². The molecule has 2 fully saturated rings. The molecule has 5 rings (SSSR count). The Kier molecular flexibility index (Phi) is 5.35. The van der Waals surface area contributed by atoms with E-state index in [-0.39, 0.29) is 40.9 Å². The lowest BCUT2D eigenvalue weighted by atomic mass is 9.95. The fourth-order valence-corrected chi connectivity index (χ4v) is 5.49. The number of hydrogen-bond donors (Lipinski definition) is 3. The molecule has 5 unspecified atom stereocenters. The lowest BCUT2D eigenvalue weighted by Gasteiger charge is -2.28. The van der Waals surface area contributed by atoms with Crippen LogP contribution in [0.3, 0.4) is 0 Å². The number of aromatic nitrogens is 1. The van der Waals surface area contributed by atoms with Crippen molar-refractivity contribution in [2.75, 3.05) is 13.2 Å². The summed E-state index contributed by atoms with van der Waals surface area (Å²) in [6, 6.07) is -0.826. The Hall–Kier alpha value is -3.01. The van der Waals surface area contributed by atoms with Gasteiger partial charge in [0, 0.05) is 12.2 Å². The van der Waals surface area contributed by atoms with Gasteiger partial charge in [-0.15, -0.1) is 0 Å². The van der Waals surface area contributed by atoms with Crippen LogP contribution < -0.4 is 20.8 Å². The fraction of sp³-hybridized carbons (Fsp3) is 0.522. The number of amides is 2. The summed E-state index contributed by atoms with van der Waals surface area (Å²) in [5.41, 5.74) is -1.08. The third-order valence-electron chi connectivity index (χ3n) is 7.22. The van der Waals surface area contributed by atoms with Gasteiger partial charge < -0.3 is 25.0 Å². The lowest BCUT2D eigenvalue weighted by molar-refractivity contribution is -0.124. The molecule has 8 nitrogen and oxygen atoms in total. The minimum Gasteiger partial charge on any atom is -0.486 e. The van der Waals surface area contributed by atoms with Gasteiger partial charge in [-0.2, -0.15) is 4.39 Å². The summed E-state index contributed by atoms with van der Waals surface area (Å²) >= 11 is 0. The number of hydrogen-bond acceptors (Lipinski definition) is 5. The highest BCUT2D eigenvalue weighted by atomic mass is 19.2. The maximum absolute atomic E-state index is 14.2. The van der Waals surface area contributed by atoms with E-state index in [1.165, 1.54) is 17.2 Å². The first-order chi connectivity index (χ1) is 15.8. The molecule has 5 atom stereocenters. The standard InChI is InChI=1S/C23H25F2N3O5/c1-10-9-33-21-18(25)15(24)6-13-19(21)28(10)7-14(20(13)30)22(31)27-17(8-29)23(32)26-16-5-11-2-3-12(16)4-11/h6-7,10-12,16-17,29H,2-5,8-9H2,1H3,(H,26,32)(H,27,31). The summed E-state index contributed by atoms with van der Waals surface area (Å²) in [7, 11) is 0. The van der Waals surface area contributed by atoms with Crippen LogP contribution in [0.4, 0.5) is 8.78 Å². The minimum atomic E-state index is -1.26. The number of rotatable bonds is 5. The molecule has 1 aromatic heterocycles. The maximum atomic E-state index is 14.2. The van der Waals surface area contributed by atoms with Crippen molar-refractivity contribution in [3.8, 4) is 5.75 Å². The van der Waals surface area contributed by atoms with Gasteiger partial charge in [0.05, 0.1) is 23.6 Å². The van der Waals surface area contributed by atoms with Crippen LogP contribution >= 0.6 is 0 Å². The van der Waals surface area contributed by atoms with Gasteiger partial charge in [-0.1, -0.05) is 6.42 Å². The quantitative estimate of drug-likeness (QED) is 0.627. The van der Waals surface area contributed by atoms with Crippen molar-refractivity contribution in [2.24, 2.45) is 11.8 Å². The van der Waals surface area contributed by atoms with Crippen molar-refractivity contribution >= 4 is 22.7 Å². The fourth-order valence-electron chi connectivity index (χ4n) is 5.49. The molecule has 0 saturated heterocycles. The predicted molar refractivity (Wildman–Crippen MR) is 114 cm³/mol. The van der Waals surface area contributed by atoms with Crippen LogP contribution in [0.25, 0.3) is 10.9 Å². The number of aliphatic hydroxyl groups is 1. The van der Waals surface area contributed by atoms with Gasteiger partial charge in [0.15, 0.2) is 11.6 Å². The normalized spacial score (nSPS) is 26.2. The number of nitrogens with one attached hydrogen (secondary N) is 2. The zero-order valence-corrected chi connectivity index (χ0v) is 18.1. The Bertz CT molecular complexity index is 1210. The van der Waals surface area contributed by atoms with Crippen molar-refractivity contribution in [1.29, 1.82) is 0 Å². The molecule has 0 radical (unpaired) electrons. The first-order valence-electron chi connectivity index (χ1n) is 11.2. The Balaban J connectivity index is 1.43. The van der Waals surface area contributed by atoms with Crippen LogP contribution in [0.2, 0.25) is 0 Å². The monoisotopic (exact) mass is 461 g/mol. The molecule has 3 aliphatic rings. The predicted octanol–water partition coefficient (Wildman–Crippen LogP) is 1.63. The molecule has 1 aromatic carbocycles. The summed E-state index contributed by atoms with van der Waals surface area (Å²) in [6.07, 6.45) is 5.46. The summed E-state index contributed by atoms with van der Waals surface area (Å²) < 4.78 is 35.1. The van der Waals surface area contributed by atoms with E-state index in [0.717, 1.165) is 25.3 Å². The second kappa shape index (κ2) is 8.09. The van der Waals surface area contributed by atoms with E-state index in [2.05, 4.69) is 10.6 Å². The maximum Gasteiger partial charge on any atom is 0.257 e. The topological polar surface area (TPSA) is 110 Å². The number of carbonyl (C=O) groups excluding carboxylic acids is 2. The molecule has 1 aliphatic heterocycles. The van der Waals surface area contributed by atoms with Gasteiger partial charge in [0.25, 0.3) is 5.91 Å². The summed E-state index contributed by atoms with van der Waals surface area (Å²) in [4.78, 5) is 38.7. The van der Waals surface area contributed by atoms with E-state index < -0.39 is 41.5 Å². The average molecular weight is 461 g/mol. The minimum absolute atomic E-state index is 0.0232. The van der Waals surface area contributed by atoms with Crippen molar-refractivity contribution in [1.82, 2.24) is 15.2 Å². The highest BCUT2D eigenvalue weighted by Crippen LogP contribution is 2.44. The molecule has 2 saturated carbocycles. The molecule has 3 N–H and O–H groups in total. The van der Waals surface area contributed by atoms with Crippen LogP contribution in [0, 0.1) is 23.5 Å². The number of halogens is 2. The largest absolute Gasteiger partial charge is 0.486 e. The highest BCUT2D eigenvalue weighted by Gasteiger charge is 2.41. The molecule has 2 bridgehead atoms. The molecule has 2 aliphatic carbocycles. The Morgan fingerprint density at radius 1 is 1.30 bits per heavy atom. The Labute approximate surface area is 187 Å². The number of pyridine rings is 1. The second-order valence-electron chi connectivity index (χ2n) is 9.34. The summed E-state index contributed by atoms with van der Waals surface area (Å²) in [5.74, 6) is -3.19. The zero-order chi connectivity index (χ0) is 23.4. The molecule has 10 heteroatoms. The lowest BCUT2D eigenvalue weighted by Crippen LogP contribution is -2.53. The summed E-state index contributed by atoms with van der Waals surface area (Å²) in [6.45, 7) is 1.13. The second-order valence-corrected chi connectivity index (χ2v) is 9.34. The third-order valence-corrected chi connectivity index (χ3v) is 7.22.